The van der Waals surface area contributed by atoms with Crippen molar-refractivity contribution in [2.45, 2.75) is 19.3 Å². The number of benzene rings is 1. The number of piperidine rings is 1. The Labute approximate surface area is 174 Å². The molecule has 30 heavy (non-hydrogen) atoms. The number of nitrogens with zero attached hydrogens (tertiary/aromatic N) is 1. The zero-order valence-corrected chi connectivity index (χ0v) is 16.8. The third-order valence-electron chi connectivity index (χ3n) is 5.32. The first kappa shape index (κ1) is 21.5. The Morgan fingerprint density at radius 1 is 1.20 bits per heavy atom. The third-order valence-corrected chi connectivity index (χ3v) is 5.32. The van der Waals surface area contributed by atoms with E-state index in [0.29, 0.717) is 24.0 Å². The van der Waals surface area contributed by atoms with Crippen LogP contribution >= 0.6 is 0 Å². The summed E-state index contributed by atoms with van der Waals surface area (Å²) in [6, 6.07) is 6.92. The standard InChI is InChI=1S/C21H27N5O4/c22-20(29)14-5-3-9-26(13-14)10-4-8-23-18(27)12-25-21(30)16-11-24-17-7-2-1-6-15(17)19(16)28/h1-2,6-7,11,14H,3-5,8-10,12-13H2,(H2,22,29)(H,23,27)(H,24,28)(H,25,30)/t14-/m0/s1. The summed E-state index contributed by atoms with van der Waals surface area (Å²) in [6.07, 6.45) is 3.87. The molecule has 1 aliphatic rings. The minimum atomic E-state index is -0.594. The summed E-state index contributed by atoms with van der Waals surface area (Å²) < 4.78 is 0. The number of H-pyrrole nitrogens is 1. The lowest BCUT2D eigenvalue weighted by molar-refractivity contribution is -0.123. The molecule has 160 valence electrons. The van der Waals surface area contributed by atoms with Crippen LogP contribution < -0.4 is 21.8 Å². The lowest BCUT2D eigenvalue weighted by atomic mass is 9.97. The molecule has 1 atom stereocenters. The van der Waals surface area contributed by atoms with Gasteiger partial charge in [0.1, 0.15) is 5.56 Å². The lowest BCUT2D eigenvalue weighted by Gasteiger charge is -2.31. The van der Waals surface area contributed by atoms with Crippen molar-refractivity contribution in [2.24, 2.45) is 11.7 Å². The molecule has 0 bridgehead atoms. The van der Waals surface area contributed by atoms with Crippen LogP contribution in [0.25, 0.3) is 10.9 Å². The van der Waals surface area contributed by atoms with Crippen LogP contribution in [0.4, 0.5) is 0 Å². The van der Waals surface area contributed by atoms with Gasteiger partial charge < -0.3 is 26.3 Å². The number of hydrogen-bond donors (Lipinski definition) is 4. The molecule has 1 aliphatic heterocycles. The Hall–Kier alpha value is -3.20. The molecule has 1 aromatic carbocycles. The van der Waals surface area contributed by atoms with E-state index in [4.69, 9.17) is 5.73 Å². The molecular formula is C21H27N5O4. The molecule has 9 heteroatoms. The average molecular weight is 413 g/mol. The summed E-state index contributed by atoms with van der Waals surface area (Å²) in [4.78, 5) is 53.1. The normalized spacial score (nSPS) is 16.9. The molecule has 5 N–H and O–H groups in total. The highest BCUT2D eigenvalue weighted by molar-refractivity contribution is 5.98. The summed E-state index contributed by atoms with van der Waals surface area (Å²) in [5, 5.41) is 5.65. The molecule has 9 nitrogen and oxygen atoms in total. The number of likely N-dealkylation sites (tertiary alicyclic amines) is 1. The van der Waals surface area contributed by atoms with Crippen molar-refractivity contribution >= 4 is 28.6 Å². The second-order valence-corrected chi connectivity index (χ2v) is 7.51. The SMILES string of the molecule is NC(=O)[C@H]1CCCN(CCCNC(=O)CNC(=O)c2c[nH]c3ccccc3c2=O)C1. The number of para-hydroxylation sites is 1. The van der Waals surface area contributed by atoms with Crippen LogP contribution in [0.15, 0.2) is 35.3 Å². The van der Waals surface area contributed by atoms with Crippen molar-refractivity contribution in [2.75, 3.05) is 32.7 Å². The molecule has 3 amide bonds. The molecule has 0 spiro atoms. The second-order valence-electron chi connectivity index (χ2n) is 7.51. The van der Waals surface area contributed by atoms with Gasteiger partial charge >= 0.3 is 0 Å². The Balaban J connectivity index is 1.40. The Kier molecular flexibility index (Phi) is 7.18. The minimum Gasteiger partial charge on any atom is -0.369 e. The number of amides is 3. The van der Waals surface area contributed by atoms with E-state index in [1.807, 2.05) is 0 Å². The molecule has 0 unspecified atom stereocenters. The number of aromatic nitrogens is 1. The van der Waals surface area contributed by atoms with E-state index in [0.717, 1.165) is 32.4 Å². The number of fused-ring (bicyclic) bond motifs is 1. The largest absolute Gasteiger partial charge is 0.369 e. The van der Waals surface area contributed by atoms with Crippen molar-refractivity contribution in [1.29, 1.82) is 0 Å². The predicted octanol–water partition coefficient (Wildman–Crippen LogP) is -0.0385. The van der Waals surface area contributed by atoms with Gasteiger partial charge in [-0.3, -0.25) is 19.2 Å². The van der Waals surface area contributed by atoms with Crippen molar-refractivity contribution in [3.8, 4) is 0 Å². The number of primary amides is 1. The highest BCUT2D eigenvalue weighted by atomic mass is 16.2. The first-order valence-electron chi connectivity index (χ1n) is 10.1. The Morgan fingerprint density at radius 3 is 2.80 bits per heavy atom. The summed E-state index contributed by atoms with van der Waals surface area (Å²) in [7, 11) is 0. The van der Waals surface area contributed by atoms with Gasteiger partial charge in [-0.25, -0.2) is 0 Å². The van der Waals surface area contributed by atoms with Gasteiger partial charge in [-0.15, -0.1) is 0 Å². The average Bonchev–Trinajstić information content (AvgIpc) is 2.75. The summed E-state index contributed by atoms with van der Waals surface area (Å²) >= 11 is 0. The lowest BCUT2D eigenvalue weighted by Crippen LogP contribution is -2.42. The topological polar surface area (TPSA) is 137 Å². The van der Waals surface area contributed by atoms with Gasteiger partial charge in [0, 0.05) is 30.2 Å². The van der Waals surface area contributed by atoms with Crippen LogP contribution in [0.1, 0.15) is 29.6 Å². The van der Waals surface area contributed by atoms with Crippen molar-refractivity contribution in [3.05, 3.63) is 46.2 Å². The van der Waals surface area contributed by atoms with E-state index in [2.05, 4.69) is 20.5 Å². The van der Waals surface area contributed by atoms with Crippen molar-refractivity contribution in [1.82, 2.24) is 20.5 Å². The van der Waals surface area contributed by atoms with Gasteiger partial charge in [0.15, 0.2) is 0 Å². The fourth-order valence-corrected chi connectivity index (χ4v) is 3.68. The van der Waals surface area contributed by atoms with Gasteiger partial charge in [0.05, 0.1) is 12.5 Å². The van der Waals surface area contributed by atoms with Crippen LogP contribution in [-0.2, 0) is 9.59 Å². The quantitative estimate of drug-likeness (QED) is 0.450. The molecule has 0 saturated carbocycles. The van der Waals surface area contributed by atoms with E-state index in [-0.39, 0.29) is 35.3 Å². The van der Waals surface area contributed by atoms with Gasteiger partial charge in [0.2, 0.25) is 17.2 Å². The molecule has 1 fully saturated rings. The van der Waals surface area contributed by atoms with Gasteiger partial charge in [-0.1, -0.05) is 12.1 Å². The highest BCUT2D eigenvalue weighted by Gasteiger charge is 2.23. The number of carbonyl (C=O) groups excluding carboxylic acids is 3. The number of rotatable bonds is 8. The van der Waals surface area contributed by atoms with Crippen LogP contribution in [0.5, 0.6) is 0 Å². The van der Waals surface area contributed by atoms with E-state index >= 15 is 0 Å². The number of carbonyl (C=O) groups is 3. The number of aromatic amines is 1. The maximum Gasteiger partial charge on any atom is 0.257 e. The van der Waals surface area contributed by atoms with E-state index < -0.39 is 5.91 Å². The van der Waals surface area contributed by atoms with Crippen molar-refractivity contribution in [3.63, 3.8) is 0 Å². The molecule has 1 saturated heterocycles. The monoisotopic (exact) mass is 413 g/mol. The molecule has 0 aliphatic carbocycles. The van der Waals surface area contributed by atoms with Gasteiger partial charge in [-0.05, 0) is 44.5 Å². The van der Waals surface area contributed by atoms with E-state index in [9.17, 15) is 19.2 Å². The van der Waals surface area contributed by atoms with Crippen LogP contribution in [0.3, 0.4) is 0 Å². The zero-order valence-electron chi connectivity index (χ0n) is 16.8. The highest BCUT2D eigenvalue weighted by Crippen LogP contribution is 2.15. The molecular weight excluding hydrogens is 386 g/mol. The third kappa shape index (κ3) is 5.44. The zero-order chi connectivity index (χ0) is 21.5. The second kappa shape index (κ2) is 10.0. The van der Waals surface area contributed by atoms with Crippen LogP contribution in [-0.4, -0.2) is 60.3 Å². The Morgan fingerprint density at radius 2 is 2.00 bits per heavy atom. The molecule has 2 aromatic rings. The maximum absolute atomic E-state index is 12.4. The fraction of sp³-hybridized carbons (Fsp3) is 0.429. The van der Waals surface area contributed by atoms with Gasteiger partial charge in [-0.2, -0.15) is 0 Å². The smallest absolute Gasteiger partial charge is 0.257 e. The van der Waals surface area contributed by atoms with Crippen LogP contribution in [0, 0.1) is 5.92 Å². The molecule has 0 radical (unpaired) electrons. The predicted molar refractivity (Wildman–Crippen MR) is 113 cm³/mol. The molecule has 3 rings (SSSR count). The first-order chi connectivity index (χ1) is 14.5. The first-order valence-corrected chi connectivity index (χ1v) is 10.1. The fourth-order valence-electron chi connectivity index (χ4n) is 3.68. The number of nitrogens with one attached hydrogen (secondary N) is 3. The summed E-state index contributed by atoms with van der Waals surface area (Å²) in [5.41, 5.74) is 5.62. The Bertz CT molecular complexity index is 987. The number of pyridine rings is 1. The maximum atomic E-state index is 12.4. The molecule has 1 aromatic heterocycles. The number of nitrogens with two attached hydrogens (primary N) is 1. The number of hydrogen-bond acceptors (Lipinski definition) is 5. The summed E-state index contributed by atoms with van der Waals surface area (Å²) in [6.45, 7) is 2.61. The minimum absolute atomic E-state index is 0.0318. The van der Waals surface area contributed by atoms with E-state index in [1.165, 1.54) is 6.20 Å². The molecule has 2 heterocycles. The summed E-state index contributed by atoms with van der Waals surface area (Å²) in [5.74, 6) is -1.27. The van der Waals surface area contributed by atoms with Crippen LogP contribution in [0.2, 0.25) is 0 Å². The van der Waals surface area contributed by atoms with Gasteiger partial charge in [0.25, 0.3) is 5.91 Å². The van der Waals surface area contributed by atoms with E-state index in [1.54, 1.807) is 24.3 Å². The van der Waals surface area contributed by atoms with Crippen molar-refractivity contribution < 1.29 is 14.4 Å².